The van der Waals surface area contributed by atoms with Crippen molar-refractivity contribution in [2.24, 2.45) is 0 Å². The molecule has 0 radical (unpaired) electrons. The average Bonchev–Trinajstić information content (AvgIpc) is 2.39. The van der Waals surface area contributed by atoms with Gasteiger partial charge in [0.05, 0.1) is 0 Å². The van der Waals surface area contributed by atoms with Crippen molar-refractivity contribution in [3.05, 3.63) is 24.0 Å². The second-order valence-corrected chi connectivity index (χ2v) is 2.49. The van der Waals surface area contributed by atoms with Crippen LogP contribution in [0.4, 0.5) is 4.79 Å². The lowest BCUT2D eigenvalue weighted by atomic mass is 10.3. The molecule has 1 aromatic heterocycles. The van der Waals surface area contributed by atoms with Crippen LogP contribution in [-0.4, -0.2) is 16.9 Å². The maximum atomic E-state index is 10.2. The quantitative estimate of drug-likeness (QED) is 0.527. The molecule has 0 saturated carbocycles. The lowest BCUT2D eigenvalue weighted by molar-refractivity contribution is 0.260. The number of rotatable bonds is 3. The molecule has 3 nitrogen and oxygen atoms in total. The number of hydrogen-bond acceptors (Lipinski definition) is 1. The van der Waals surface area contributed by atoms with Gasteiger partial charge in [0.25, 0.3) is 0 Å². The number of H-pyrrole nitrogens is 1. The fraction of sp³-hybridized carbons (Fsp3) is 0.286. The monoisotopic (exact) mass is 172 g/mol. The summed E-state index contributed by atoms with van der Waals surface area (Å²) in [5.41, 5.74) is 1.09. The molecule has 1 amide bonds. The summed E-state index contributed by atoms with van der Waals surface area (Å²) in [4.78, 5) is 13.2. The van der Waals surface area contributed by atoms with Gasteiger partial charge in [-0.1, -0.05) is 0 Å². The molecule has 0 aromatic carbocycles. The van der Waals surface area contributed by atoms with Gasteiger partial charge in [0, 0.05) is 24.9 Å². The van der Waals surface area contributed by atoms with Crippen molar-refractivity contribution in [3.8, 4) is 0 Å². The smallest absolute Gasteiger partial charge is 0.313 e. The van der Waals surface area contributed by atoms with Gasteiger partial charge >= 0.3 is 5.37 Å². The Labute approximate surface area is 69.8 Å². The van der Waals surface area contributed by atoms with Gasteiger partial charge in [-0.25, -0.2) is 0 Å². The lowest BCUT2D eigenvalue weighted by Crippen LogP contribution is -2.19. The minimum atomic E-state index is -0.503. The highest BCUT2D eigenvalue weighted by Gasteiger charge is 1.94. The molecular weight excluding hydrogens is 164 g/mol. The van der Waals surface area contributed by atoms with Crippen LogP contribution in [0.2, 0.25) is 0 Å². The summed E-state index contributed by atoms with van der Waals surface area (Å²) in [6.45, 7) is 0.572. The van der Waals surface area contributed by atoms with Crippen molar-refractivity contribution in [2.45, 2.75) is 6.42 Å². The van der Waals surface area contributed by atoms with Crippen molar-refractivity contribution in [1.29, 1.82) is 0 Å². The van der Waals surface area contributed by atoms with Crippen molar-refractivity contribution >= 4 is 17.0 Å². The van der Waals surface area contributed by atoms with Crippen LogP contribution in [0, 0.1) is 0 Å². The van der Waals surface area contributed by atoms with E-state index in [0.29, 0.717) is 6.54 Å². The Balaban J connectivity index is 2.19. The Morgan fingerprint density at radius 1 is 1.73 bits per heavy atom. The highest BCUT2D eigenvalue weighted by Crippen LogP contribution is 1.93. The van der Waals surface area contributed by atoms with E-state index in [9.17, 15) is 4.79 Å². The number of aromatic nitrogens is 1. The second-order valence-electron chi connectivity index (χ2n) is 2.15. The summed E-state index contributed by atoms with van der Waals surface area (Å²) >= 11 is 5.06. The van der Waals surface area contributed by atoms with E-state index < -0.39 is 5.37 Å². The van der Waals surface area contributed by atoms with Crippen molar-refractivity contribution in [2.75, 3.05) is 6.54 Å². The molecule has 1 aromatic rings. The zero-order valence-corrected chi connectivity index (χ0v) is 6.69. The SMILES string of the molecule is O=C(Cl)NCCc1ccc[nH]1. The van der Waals surface area contributed by atoms with Gasteiger partial charge in [-0.05, 0) is 23.7 Å². The standard InChI is InChI=1S/C7H9ClN2O/c8-7(11)10-5-3-6-2-1-4-9-6/h1-2,4,9H,3,5H2,(H,10,11). The zero-order chi connectivity index (χ0) is 8.10. The maximum absolute atomic E-state index is 10.2. The number of carbonyl (C=O) groups is 1. The van der Waals surface area contributed by atoms with Crippen LogP contribution in [0.15, 0.2) is 18.3 Å². The number of carbonyl (C=O) groups excluding carboxylic acids is 1. The third-order valence-corrected chi connectivity index (χ3v) is 1.45. The van der Waals surface area contributed by atoms with Gasteiger partial charge in [0.15, 0.2) is 0 Å². The fourth-order valence-corrected chi connectivity index (χ4v) is 0.913. The summed E-state index contributed by atoms with van der Waals surface area (Å²) < 4.78 is 0. The third kappa shape index (κ3) is 3.09. The first-order valence-corrected chi connectivity index (χ1v) is 3.72. The molecule has 1 heterocycles. The molecule has 4 heteroatoms. The molecule has 0 aliphatic heterocycles. The van der Waals surface area contributed by atoms with Gasteiger partial charge in [-0.2, -0.15) is 0 Å². The molecule has 0 aliphatic carbocycles. The highest BCUT2D eigenvalue weighted by atomic mass is 35.5. The fourth-order valence-electron chi connectivity index (χ4n) is 0.818. The Morgan fingerprint density at radius 3 is 3.09 bits per heavy atom. The summed E-state index contributed by atoms with van der Waals surface area (Å²) in [6.07, 6.45) is 2.63. The van der Waals surface area contributed by atoms with Crippen LogP contribution < -0.4 is 5.32 Å². The minimum Gasteiger partial charge on any atom is -0.365 e. The Kier molecular flexibility index (Phi) is 2.98. The number of halogens is 1. The molecule has 11 heavy (non-hydrogen) atoms. The first kappa shape index (κ1) is 8.14. The largest absolute Gasteiger partial charge is 0.365 e. The van der Waals surface area contributed by atoms with Crippen LogP contribution >= 0.6 is 11.6 Å². The maximum Gasteiger partial charge on any atom is 0.313 e. The van der Waals surface area contributed by atoms with Crippen LogP contribution in [0.5, 0.6) is 0 Å². The van der Waals surface area contributed by atoms with E-state index >= 15 is 0 Å². The highest BCUT2D eigenvalue weighted by molar-refractivity contribution is 6.62. The normalized spacial score (nSPS) is 9.55. The number of nitrogens with one attached hydrogen (secondary N) is 2. The van der Waals surface area contributed by atoms with Gasteiger partial charge in [0.2, 0.25) is 0 Å². The van der Waals surface area contributed by atoms with Crippen LogP contribution in [0.1, 0.15) is 5.69 Å². The molecular formula is C7H9ClN2O. The lowest BCUT2D eigenvalue weighted by Gasteiger charge is -1.97. The van der Waals surface area contributed by atoms with E-state index in [2.05, 4.69) is 10.3 Å². The summed E-state index contributed by atoms with van der Waals surface area (Å²) in [6, 6.07) is 3.87. The predicted molar refractivity (Wildman–Crippen MR) is 43.7 cm³/mol. The van der Waals surface area contributed by atoms with Gasteiger partial charge in [0.1, 0.15) is 0 Å². The molecule has 1 rings (SSSR count). The number of amides is 1. The van der Waals surface area contributed by atoms with Gasteiger partial charge in [-0.3, -0.25) is 4.79 Å². The van der Waals surface area contributed by atoms with Crippen molar-refractivity contribution in [1.82, 2.24) is 10.3 Å². The number of hydrogen-bond donors (Lipinski definition) is 2. The number of aromatic amines is 1. The van der Waals surface area contributed by atoms with E-state index in [1.54, 1.807) is 0 Å². The Hall–Kier alpha value is -0.960. The van der Waals surface area contributed by atoms with Crippen molar-refractivity contribution < 1.29 is 4.79 Å². The summed E-state index contributed by atoms with van der Waals surface area (Å²) in [5, 5.41) is 1.99. The molecule has 0 atom stereocenters. The van der Waals surface area contributed by atoms with E-state index in [-0.39, 0.29) is 0 Å². The molecule has 2 N–H and O–H groups in total. The van der Waals surface area contributed by atoms with Crippen molar-refractivity contribution in [3.63, 3.8) is 0 Å². The molecule has 60 valence electrons. The van der Waals surface area contributed by atoms with Crippen LogP contribution in [-0.2, 0) is 6.42 Å². The third-order valence-electron chi connectivity index (χ3n) is 1.32. The Morgan fingerprint density at radius 2 is 2.55 bits per heavy atom. The summed E-state index contributed by atoms with van der Waals surface area (Å²) in [5.74, 6) is 0. The minimum absolute atomic E-state index is 0.503. The predicted octanol–water partition coefficient (Wildman–Crippen LogP) is 1.51. The first-order chi connectivity index (χ1) is 5.29. The average molecular weight is 173 g/mol. The van der Waals surface area contributed by atoms with Gasteiger partial charge in [-0.15, -0.1) is 0 Å². The molecule has 0 saturated heterocycles. The topological polar surface area (TPSA) is 44.9 Å². The molecule has 0 aliphatic rings. The van der Waals surface area contributed by atoms with E-state index in [4.69, 9.17) is 11.6 Å². The van der Waals surface area contributed by atoms with E-state index in [1.165, 1.54) is 0 Å². The first-order valence-electron chi connectivity index (χ1n) is 3.34. The van der Waals surface area contributed by atoms with E-state index in [0.717, 1.165) is 12.1 Å². The van der Waals surface area contributed by atoms with E-state index in [1.807, 2.05) is 18.3 Å². The Bertz CT molecular complexity index is 220. The zero-order valence-electron chi connectivity index (χ0n) is 5.93. The molecule has 0 unspecified atom stereocenters. The molecule has 0 spiro atoms. The second kappa shape index (κ2) is 4.03. The summed E-state index contributed by atoms with van der Waals surface area (Å²) in [7, 11) is 0. The van der Waals surface area contributed by atoms with Gasteiger partial charge < -0.3 is 10.3 Å². The molecule has 0 fully saturated rings. The molecule has 0 bridgehead atoms. The van der Waals surface area contributed by atoms with Crippen LogP contribution in [0.25, 0.3) is 0 Å². The van der Waals surface area contributed by atoms with Crippen LogP contribution in [0.3, 0.4) is 0 Å².